The van der Waals surface area contributed by atoms with Crippen molar-refractivity contribution < 1.29 is 9.31 Å². The van der Waals surface area contributed by atoms with Gasteiger partial charge in [-0.1, -0.05) is 18.3 Å². The van der Waals surface area contributed by atoms with Crippen LogP contribution >= 0.6 is 11.3 Å². The van der Waals surface area contributed by atoms with Crippen molar-refractivity contribution in [2.24, 2.45) is 0 Å². The topological polar surface area (TPSA) is 81.0 Å². The molecule has 20 heavy (non-hydrogen) atoms. The molecule has 0 aliphatic rings. The average molecular weight is 296 g/mol. The number of aromatic nitrogens is 2. The molecule has 0 saturated heterocycles. The molecule has 106 valence electrons. The van der Waals surface area contributed by atoms with Crippen LogP contribution in [0.3, 0.4) is 0 Å². The van der Waals surface area contributed by atoms with Gasteiger partial charge in [-0.05, 0) is 19.5 Å². The number of hydrogen-bond donors (Lipinski definition) is 1. The van der Waals surface area contributed by atoms with Crippen molar-refractivity contribution in [2.45, 2.75) is 19.4 Å². The van der Waals surface area contributed by atoms with E-state index in [0.29, 0.717) is 5.01 Å². The zero-order valence-electron chi connectivity index (χ0n) is 11.0. The molecular formula is C12H13FN4O2S. The highest BCUT2D eigenvalue weighted by Crippen LogP contribution is 2.31. The molecule has 1 N–H and O–H groups in total. The fourth-order valence-corrected chi connectivity index (χ4v) is 2.84. The van der Waals surface area contributed by atoms with Gasteiger partial charge in [-0.2, -0.15) is 0 Å². The summed E-state index contributed by atoms with van der Waals surface area (Å²) >= 11 is 1.28. The van der Waals surface area contributed by atoms with Crippen LogP contribution in [0.1, 0.15) is 24.4 Å². The molecule has 0 saturated carbocycles. The molecule has 2 rings (SSSR count). The highest BCUT2D eigenvalue weighted by Gasteiger charge is 2.18. The van der Waals surface area contributed by atoms with Crippen molar-refractivity contribution in [1.29, 1.82) is 0 Å². The first-order valence-corrected chi connectivity index (χ1v) is 6.83. The van der Waals surface area contributed by atoms with E-state index in [1.54, 1.807) is 0 Å². The molecule has 8 heteroatoms. The minimum Gasteiger partial charge on any atom is -0.311 e. The minimum absolute atomic E-state index is 0.0716. The van der Waals surface area contributed by atoms with Gasteiger partial charge in [0.05, 0.1) is 17.0 Å². The third-order valence-corrected chi connectivity index (χ3v) is 3.96. The molecule has 1 unspecified atom stereocenters. The standard InChI is InChI=1S/C12H13FN4O2S/c1-3-10(14-2)12-16-15-11(20-12)8-5-4-7(17(18)19)6-9(8)13/h4-6,10,14H,3H2,1-2H3. The van der Waals surface area contributed by atoms with Crippen molar-refractivity contribution >= 4 is 17.0 Å². The quantitative estimate of drug-likeness (QED) is 0.677. The molecule has 2 aromatic rings. The fraction of sp³-hybridized carbons (Fsp3) is 0.333. The third kappa shape index (κ3) is 2.81. The van der Waals surface area contributed by atoms with Crippen LogP contribution in [0.5, 0.6) is 0 Å². The number of halogens is 1. The van der Waals surface area contributed by atoms with E-state index in [1.807, 2.05) is 14.0 Å². The normalized spacial score (nSPS) is 12.3. The predicted octanol–water partition coefficient (Wildman–Crippen LogP) is 2.92. The number of rotatable bonds is 5. The molecule has 0 amide bonds. The van der Waals surface area contributed by atoms with Crippen LogP contribution in [0.2, 0.25) is 0 Å². The first-order chi connectivity index (χ1) is 9.56. The number of nitrogens with zero attached hydrogens (tertiary/aromatic N) is 3. The summed E-state index contributed by atoms with van der Waals surface area (Å²) in [4.78, 5) is 9.94. The summed E-state index contributed by atoms with van der Waals surface area (Å²) in [5.41, 5.74) is -0.0528. The third-order valence-electron chi connectivity index (χ3n) is 2.89. The largest absolute Gasteiger partial charge is 0.311 e. The highest BCUT2D eigenvalue weighted by atomic mass is 32.1. The molecule has 1 atom stereocenters. The van der Waals surface area contributed by atoms with Crippen LogP contribution in [0, 0.1) is 15.9 Å². The molecule has 1 aromatic carbocycles. The van der Waals surface area contributed by atoms with Crippen molar-refractivity contribution in [3.05, 3.63) is 39.1 Å². The molecule has 0 bridgehead atoms. The van der Waals surface area contributed by atoms with Gasteiger partial charge in [-0.25, -0.2) is 4.39 Å². The van der Waals surface area contributed by atoms with E-state index in [9.17, 15) is 14.5 Å². The van der Waals surface area contributed by atoms with Gasteiger partial charge in [-0.15, -0.1) is 10.2 Å². The summed E-state index contributed by atoms with van der Waals surface area (Å²) in [5, 5.41) is 22.9. The molecule has 0 aliphatic heterocycles. The van der Waals surface area contributed by atoms with E-state index < -0.39 is 10.7 Å². The van der Waals surface area contributed by atoms with Gasteiger partial charge in [0.15, 0.2) is 5.01 Å². The van der Waals surface area contributed by atoms with E-state index >= 15 is 0 Å². The van der Waals surface area contributed by atoms with Crippen LogP contribution in [0.4, 0.5) is 10.1 Å². The number of nitro groups is 1. The lowest BCUT2D eigenvalue weighted by Crippen LogP contribution is -2.14. The maximum atomic E-state index is 13.9. The predicted molar refractivity (Wildman–Crippen MR) is 74.0 cm³/mol. The molecule has 0 aliphatic carbocycles. The van der Waals surface area contributed by atoms with Crippen molar-refractivity contribution in [1.82, 2.24) is 15.5 Å². The van der Waals surface area contributed by atoms with Gasteiger partial charge in [0, 0.05) is 11.6 Å². The zero-order valence-corrected chi connectivity index (χ0v) is 11.8. The highest BCUT2D eigenvalue weighted by molar-refractivity contribution is 7.14. The zero-order chi connectivity index (χ0) is 14.7. The van der Waals surface area contributed by atoms with Crippen molar-refractivity contribution in [3.8, 4) is 10.6 Å². The van der Waals surface area contributed by atoms with Gasteiger partial charge in [0.2, 0.25) is 0 Å². The molecule has 0 radical (unpaired) electrons. The number of nitro benzene ring substituents is 1. The minimum atomic E-state index is -0.667. The number of nitrogens with one attached hydrogen (secondary N) is 1. The SMILES string of the molecule is CCC(NC)c1nnc(-c2ccc([N+](=O)[O-])cc2F)s1. The Hall–Kier alpha value is -1.93. The van der Waals surface area contributed by atoms with E-state index in [4.69, 9.17) is 0 Å². The van der Waals surface area contributed by atoms with Crippen LogP contribution in [0.25, 0.3) is 10.6 Å². The fourth-order valence-electron chi connectivity index (χ4n) is 1.78. The molecule has 1 heterocycles. The number of non-ortho nitro benzene ring substituents is 1. The van der Waals surface area contributed by atoms with E-state index in [1.165, 1.54) is 23.5 Å². The van der Waals surface area contributed by atoms with E-state index in [0.717, 1.165) is 17.5 Å². The van der Waals surface area contributed by atoms with Crippen molar-refractivity contribution in [2.75, 3.05) is 7.05 Å². The lowest BCUT2D eigenvalue weighted by Gasteiger charge is -2.08. The molecular weight excluding hydrogens is 283 g/mol. The van der Waals surface area contributed by atoms with Gasteiger partial charge < -0.3 is 5.32 Å². The Balaban J connectivity index is 2.35. The Kier molecular flexibility index (Phi) is 4.35. The summed E-state index contributed by atoms with van der Waals surface area (Å²) in [5.74, 6) is -0.667. The van der Waals surface area contributed by atoms with Crippen LogP contribution < -0.4 is 5.32 Å². The maximum absolute atomic E-state index is 13.9. The lowest BCUT2D eigenvalue weighted by molar-refractivity contribution is -0.385. The average Bonchev–Trinajstić information content (AvgIpc) is 2.89. The number of benzene rings is 1. The Morgan fingerprint density at radius 1 is 1.50 bits per heavy atom. The smallest absolute Gasteiger partial charge is 0.272 e. The van der Waals surface area contributed by atoms with Gasteiger partial charge >= 0.3 is 0 Å². The number of hydrogen-bond acceptors (Lipinski definition) is 6. The lowest BCUT2D eigenvalue weighted by atomic mass is 10.2. The second-order valence-corrected chi connectivity index (χ2v) is 5.13. The second kappa shape index (κ2) is 6.02. The van der Waals surface area contributed by atoms with Gasteiger partial charge in [0.25, 0.3) is 5.69 Å². The first-order valence-electron chi connectivity index (χ1n) is 6.01. The summed E-state index contributed by atoms with van der Waals surface area (Å²) in [6.45, 7) is 2.01. The molecule has 0 fully saturated rings. The van der Waals surface area contributed by atoms with Crippen molar-refractivity contribution in [3.63, 3.8) is 0 Å². The molecule has 0 spiro atoms. The maximum Gasteiger partial charge on any atom is 0.272 e. The van der Waals surface area contributed by atoms with Crippen LogP contribution in [-0.4, -0.2) is 22.2 Å². The summed E-state index contributed by atoms with van der Waals surface area (Å²) in [6, 6.07) is 3.58. The summed E-state index contributed by atoms with van der Waals surface area (Å²) in [6.07, 6.45) is 0.841. The van der Waals surface area contributed by atoms with Crippen LogP contribution in [0.15, 0.2) is 18.2 Å². The Morgan fingerprint density at radius 2 is 2.25 bits per heavy atom. The Labute approximate surface area is 118 Å². The molecule has 6 nitrogen and oxygen atoms in total. The molecule has 1 aromatic heterocycles. The van der Waals surface area contributed by atoms with E-state index in [2.05, 4.69) is 15.5 Å². The Morgan fingerprint density at radius 3 is 2.80 bits per heavy atom. The Bertz CT molecular complexity index is 628. The summed E-state index contributed by atoms with van der Waals surface area (Å²) in [7, 11) is 1.82. The first kappa shape index (κ1) is 14.5. The second-order valence-electron chi connectivity index (χ2n) is 4.12. The van der Waals surface area contributed by atoms with E-state index in [-0.39, 0.29) is 17.3 Å². The summed E-state index contributed by atoms with van der Waals surface area (Å²) < 4.78 is 13.9. The monoisotopic (exact) mass is 296 g/mol. The van der Waals surface area contributed by atoms with Gasteiger partial charge in [0.1, 0.15) is 10.8 Å². The van der Waals surface area contributed by atoms with Gasteiger partial charge in [-0.3, -0.25) is 10.1 Å². The van der Waals surface area contributed by atoms with Crippen LogP contribution in [-0.2, 0) is 0 Å².